The second-order valence-corrected chi connectivity index (χ2v) is 7.49. The number of benzene rings is 2. The van der Waals surface area contributed by atoms with Crippen molar-refractivity contribution < 1.29 is 14.3 Å². The minimum atomic E-state index is -0.345. The Hall–Kier alpha value is -3.00. The van der Waals surface area contributed by atoms with E-state index in [1.54, 1.807) is 24.3 Å². The number of carbonyl (C=O) groups excluding carboxylic acids is 2. The number of nitrogens with zero attached hydrogens (tertiary/aromatic N) is 1. The number of rotatable bonds is 7. The molecule has 146 valence electrons. The van der Waals surface area contributed by atoms with Gasteiger partial charge in [-0.3, -0.25) is 9.59 Å². The number of aromatic nitrogens is 2. The van der Waals surface area contributed by atoms with E-state index in [2.05, 4.69) is 20.6 Å². The van der Waals surface area contributed by atoms with Gasteiger partial charge in [-0.1, -0.05) is 11.8 Å². The van der Waals surface area contributed by atoms with Crippen LogP contribution in [0.5, 0.6) is 5.75 Å². The molecule has 0 saturated carbocycles. The van der Waals surface area contributed by atoms with Gasteiger partial charge in [0.05, 0.1) is 22.9 Å². The van der Waals surface area contributed by atoms with Crippen LogP contribution in [-0.4, -0.2) is 33.6 Å². The molecule has 1 heterocycles. The van der Waals surface area contributed by atoms with Crippen LogP contribution < -0.4 is 15.4 Å². The van der Waals surface area contributed by atoms with Gasteiger partial charge in [0, 0.05) is 24.4 Å². The van der Waals surface area contributed by atoms with Gasteiger partial charge in [0.2, 0.25) is 11.8 Å². The Kier molecular flexibility index (Phi) is 6.20. The van der Waals surface area contributed by atoms with Crippen LogP contribution in [0.1, 0.15) is 20.8 Å². The van der Waals surface area contributed by atoms with Crippen LogP contribution in [0.3, 0.4) is 0 Å². The van der Waals surface area contributed by atoms with Gasteiger partial charge in [0.15, 0.2) is 5.16 Å². The average molecular weight is 398 g/mol. The predicted molar refractivity (Wildman–Crippen MR) is 112 cm³/mol. The molecule has 7 nitrogen and oxygen atoms in total. The number of hydrogen-bond donors (Lipinski definition) is 3. The molecule has 2 aromatic carbocycles. The predicted octanol–water partition coefficient (Wildman–Crippen LogP) is 4.04. The molecule has 0 aliphatic carbocycles. The lowest BCUT2D eigenvalue weighted by Crippen LogP contribution is -2.22. The van der Waals surface area contributed by atoms with E-state index in [9.17, 15) is 9.59 Å². The molecule has 0 aliphatic heterocycles. The summed E-state index contributed by atoms with van der Waals surface area (Å²) in [6.45, 7) is 5.81. The van der Waals surface area contributed by atoms with Crippen LogP contribution in [0.2, 0.25) is 0 Å². The summed E-state index contributed by atoms with van der Waals surface area (Å²) >= 11 is 1.35. The molecular formula is C20H22N4O3S. The summed E-state index contributed by atoms with van der Waals surface area (Å²) in [5, 5.41) is 5.88. The van der Waals surface area contributed by atoms with E-state index in [0.717, 1.165) is 16.8 Å². The summed E-state index contributed by atoms with van der Waals surface area (Å²) in [7, 11) is 0. The number of hydrogen-bond acceptors (Lipinski definition) is 5. The number of fused-ring (bicyclic) bond motifs is 1. The van der Waals surface area contributed by atoms with Crippen LogP contribution in [0, 0.1) is 0 Å². The SMILES string of the molecule is CCOc1ccc2nc(SC(C)C(=O)Nc3ccc(NC(C)=O)cc3)[nH]c2c1. The molecule has 0 radical (unpaired) electrons. The van der Waals surface area contributed by atoms with E-state index < -0.39 is 0 Å². The Labute approximate surface area is 167 Å². The van der Waals surface area contributed by atoms with Gasteiger partial charge >= 0.3 is 0 Å². The molecule has 1 atom stereocenters. The van der Waals surface area contributed by atoms with Crippen molar-refractivity contribution in [3.05, 3.63) is 42.5 Å². The maximum Gasteiger partial charge on any atom is 0.237 e. The van der Waals surface area contributed by atoms with Gasteiger partial charge in [-0.25, -0.2) is 4.98 Å². The van der Waals surface area contributed by atoms with E-state index in [0.29, 0.717) is 23.1 Å². The van der Waals surface area contributed by atoms with E-state index in [-0.39, 0.29) is 17.1 Å². The van der Waals surface area contributed by atoms with Crippen molar-refractivity contribution in [3.8, 4) is 5.75 Å². The summed E-state index contributed by atoms with van der Waals surface area (Å²) in [6, 6.07) is 12.6. The molecule has 0 fully saturated rings. The normalized spacial score (nSPS) is 11.8. The molecule has 0 aliphatic rings. The molecule has 3 N–H and O–H groups in total. The fourth-order valence-electron chi connectivity index (χ4n) is 2.58. The van der Waals surface area contributed by atoms with Gasteiger partial charge in [0.1, 0.15) is 5.75 Å². The van der Waals surface area contributed by atoms with Gasteiger partial charge in [0.25, 0.3) is 0 Å². The Morgan fingerprint density at radius 3 is 2.46 bits per heavy atom. The highest BCUT2D eigenvalue weighted by Gasteiger charge is 2.17. The monoisotopic (exact) mass is 398 g/mol. The summed E-state index contributed by atoms with van der Waals surface area (Å²) < 4.78 is 5.50. The summed E-state index contributed by atoms with van der Waals surface area (Å²) in [4.78, 5) is 31.3. The largest absolute Gasteiger partial charge is 0.494 e. The number of imidazole rings is 1. The fourth-order valence-corrected chi connectivity index (χ4v) is 3.40. The first kappa shape index (κ1) is 19.8. The number of amides is 2. The summed E-state index contributed by atoms with van der Waals surface area (Å²) in [6.07, 6.45) is 0. The number of thioether (sulfide) groups is 1. The Morgan fingerprint density at radius 2 is 1.82 bits per heavy atom. The number of H-pyrrole nitrogens is 1. The van der Waals surface area contributed by atoms with Crippen molar-refractivity contribution >= 4 is 46.0 Å². The molecule has 0 spiro atoms. The van der Waals surface area contributed by atoms with Gasteiger partial charge in [-0.15, -0.1) is 0 Å². The zero-order valence-corrected chi connectivity index (χ0v) is 16.7. The first-order chi connectivity index (χ1) is 13.4. The van der Waals surface area contributed by atoms with Crippen molar-refractivity contribution in [1.82, 2.24) is 9.97 Å². The first-order valence-corrected chi connectivity index (χ1v) is 9.80. The van der Waals surface area contributed by atoms with Crippen LogP contribution in [0.4, 0.5) is 11.4 Å². The lowest BCUT2D eigenvalue weighted by atomic mass is 10.2. The highest BCUT2D eigenvalue weighted by atomic mass is 32.2. The smallest absolute Gasteiger partial charge is 0.237 e. The zero-order valence-electron chi connectivity index (χ0n) is 15.9. The highest BCUT2D eigenvalue weighted by Crippen LogP contribution is 2.26. The molecule has 0 bridgehead atoms. The van der Waals surface area contributed by atoms with Crippen LogP contribution in [-0.2, 0) is 9.59 Å². The van der Waals surface area contributed by atoms with Crippen molar-refractivity contribution in [2.75, 3.05) is 17.2 Å². The Balaban J connectivity index is 1.62. The van der Waals surface area contributed by atoms with Crippen LogP contribution in [0.15, 0.2) is 47.6 Å². The molecule has 3 rings (SSSR count). The van der Waals surface area contributed by atoms with Gasteiger partial charge in [-0.05, 0) is 50.2 Å². The van der Waals surface area contributed by atoms with E-state index in [1.165, 1.54) is 18.7 Å². The third-order valence-corrected chi connectivity index (χ3v) is 4.86. The standard InChI is InChI=1S/C20H22N4O3S/c1-4-27-16-9-10-17-18(11-16)24-20(23-17)28-12(2)19(26)22-15-7-5-14(6-8-15)21-13(3)25/h5-12H,4H2,1-3H3,(H,21,25)(H,22,26)(H,23,24). The number of anilines is 2. The second kappa shape index (κ2) is 8.79. The van der Waals surface area contributed by atoms with Gasteiger partial charge in [-0.2, -0.15) is 0 Å². The number of aromatic amines is 1. The zero-order chi connectivity index (χ0) is 20.1. The third-order valence-electron chi connectivity index (χ3n) is 3.87. The Bertz CT molecular complexity index is 985. The quantitative estimate of drug-likeness (QED) is 0.522. The number of nitrogens with one attached hydrogen (secondary N) is 3. The summed E-state index contributed by atoms with van der Waals surface area (Å²) in [5.41, 5.74) is 3.04. The highest BCUT2D eigenvalue weighted by molar-refractivity contribution is 8.00. The van der Waals surface area contributed by atoms with Crippen molar-refractivity contribution in [1.29, 1.82) is 0 Å². The van der Waals surface area contributed by atoms with Crippen molar-refractivity contribution in [3.63, 3.8) is 0 Å². The molecular weight excluding hydrogens is 376 g/mol. The minimum absolute atomic E-state index is 0.132. The lowest BCUT2D eigenvalue weighted by Gasteiger charge is -2.11. The topological polar surface area (TPSA) is 96.1 Å². The maximum atomic E-state index is 12.5. The molecule has 1 unspecified atom stereocenters. The number of ether oxygens (including phenoxy) is 1. The maximum absolute atomic E-state index is 12.5. The van der Waals surface area contributed by atoms with E-state index in [1.807, 2.05) is 32.0 Å². The molecule has 28 heavy (non-hydrogen) atoms. The van der Waals surface area contributed by atoms with E-state index >= 15 is 0 Å². The van der Waals surface area contributed by atoms with Crippen LogP contribution in [0.25, 0.3) is 11.0 Å². The minimum Gasteiger partial charge on any atom is -0.494 e. The lowest BCUT2D eigenvalue weighted by molar-refractivity contribution is -0.115. The molecule has 0 saturated heterocycles. The second-order valence-electron chi connectivity index (χ2n) is 6.16. The molecule has 3 aromatic rings. The molecule has 2 amide bonds. The fraction of sp³-hybridized carbons (Fsp3) is 0.250. The summed E-state index contributed by atoms with van der Waals surface area (Å²) in [5.74, 6) is 0.512. The third kappa shape index (κ3) is 5.04. The van der Waals surface area contributed by atoms with Crippen molar-refractivity contribution in [2.24, 2.45) is 0 Å². The average Bonchev–Trinajstić information content (AvgIpc) is 3.04. The number of carbonyl (C=O) groups is 2. The molecule has 8 heteroatoms. The van der Waals surface area contributed by atoms with Gasteiger partial charge < -0.3 is 20.4 Å². The molecule has 1 aromatic heterocycles. The Morgan fingerprint density at radius 1 is 1.14 bits per heavy atom. The van der Waals surface area contributed by atoms with Crippen LogP contribution >= 0.6 is 11.8 Å². The van der Waals surface area contributed by atoms with Crippen molar-refractivity contribution in [2.45, 2.75) is 31.2 Å². The van der Waals surface area contributed by atoms with E-state index in [4.69, 9.17) is 4.74 Å². The first-order valence-electron chi connectivity index (χ1n) is 8.92.